The third-order valence-corrected chi connectivity index (χ3v) is 5.58. The fourth-order valence-electron chi connectivity index (χ4n) is 3.97. The van der Waals surface area contributed by atoms with Crippen LogP contribution in [-0.4, -0.2) is 33.0 Å². The number of aromatic amines is 1. The summed E-state index contributed by atoms with van der Waals surface area (Å²) in [6.45, 7) is 4.18. The molecule has 7 nitrogen and oxygen atoms in total. The highest BCUT2D eigenvalue weighted by Crippen LogP contribution is 2.30. The van der Waals surface area contributed by atoms with Crippen molar-refractivity contribution < 1.29 is 14.2 Å². The predicted octanol–water partition coefficient (Wildman–Crippen LogP) is 3.21. The van der Waals surface area contributed by atoms with Crippen molar-refractivity contribution in [2.45, 2.75) is 33.1 Å². The Kier molecular flexibility index (Phi) is 6.10. The van der Waals surface area contributed by atoms with Crippen molar-refractivity contribution >= 4 is 34.7 Å². The van der Waals surface area contributed by atoms with Gasteiger partial charge in [-0.15, -0.1) is 0 Å². The normalized spacial score (nSPS) is 14.0. The van der Waals surface area contributed by atoms with Gasteiger partial charge >= 0.3 is 5.91 Å². The maximum atomic E-state index is 13.6. The molecule has 164 valence electrons. The molecule has 0 radical (unpaired) electrons. The number of hydrogen-bond donors (Lipinski definition) is 1. The third-order valence-electron chi connectivity index (χ3n) is 5.35. The van der Waals surface area contributed by atoms with E-state index in [4.69, 9.17) is 11.6 Å². The number of aryl methyl sites for hydroxylation is 1. The van der Waals surface area contributed by atoms with Crippen LogP contribution in [0.2, 0.25) is 5.02 Å². The Bertz CT molecular complexity index is 1270. The van der Waals surface area contributed by atoms with Crippen molar-refractivity contribution in [3.8, 4) is 5.69 Å². The number of nitrogens with zero attached hydrogens (tertiary/aromatic N) is 3. The molecule has 1 aliphatic heterocycles. The Labute approximate surface area is 190 Å². The summed E-state index contributed by atoms with van der Waals surface area (Å²) < 4.78 is 2.99. The predicted molar refractivity (Wildman–Crippen MR) is 122 cm³/mol. The molecule has 0 saturated heterocycles. The topological polar surface area (TPSA) is 79.1 Å². The van der Waals surface area contributed by atoms with Crippen LogP contribution in [0.3, 0.4) is 0 Å². The minimum absolute atomic E-state index is 0.130. The average molecular weight is 452 g/mol. The van der Waals surface area contributed by atoms with Crippen LogP contribution in [0.25, 0.3) is 17.0 Å². The second-order valence-corrected chi connectivity index (χ2v) is 8.04. The van der Waals surface area contributed by atoms with Crippen LogP contribution in [0.1, 0.15) is 37.9 Å². The van der Waals surface area contributed by atoms with Gasteiger partial charge in [0.1, 0.15) is 5.57 Å². The number of carbonyl (C=O) groups excluding carboxylic acids is 2. The number of carbonyl (C=O) groups is 2. The number of rotatable bonds is 7. The van der Waals surface area contributed by atoms with E-state index in [1.807, 2.05) is 19.9 Å². The Morgan fingerprint density at radius 2 is 1.72 bits per heavy atom. The van der Waals surface area contributed by atoms with E-state index in [9.17, 15) is 14.4 Å². The monoisotopic (exact) mass is 451 g/mol. The standard InChI is InChI=1S/C24H23ClN4O3/c1-3-9-18-19(23(31)29(26-18)17-11-8-10-16(25)15-17)20-21(27-13-6-5-7-14-27)24(32)28(12-4-2)22(20)30/h5-8,10-11,13-15H,3-4,9,12H2,1-2H3/p+1. The number of amides is 2. The lowest BCUT2D eigenvalue weighted by atomic mass is 10.0. The van der Waals surface area contributed by atoms with Crippen LogP contribution in [0.5, 0.6) is 0 Å². The SMILES string of the molecule is CCCc1[nH]n(-c2cccc(Cl)c2)c(=O)c1C1=C([n+]2ccccc2)C(=O)N(CCC)C1=O. The fourth-order valence-corrected chi connectivity index (χ4v) is 4.16. The molecule has 0 aliphatic carbocycles. The lowest BCUT2D eigenvalue weighted by Crippen LogP contribution is -2.39. The molecule has 0 bridgehead atoms. The molecule has 0 spiro atoms. The van der Waals surface area contributed by atoms with Crippen LogP contribution in [-0.2, 0) is 16.0 Å². The number of halogens is 1. The molecule has 0 fully saturated rings. The van der Waals surface area contributed by atoms with E-state index in [2.05, 4.69) is 5.10 Å². The second-order valence-electron chi connectivity index (χ2n) is 7.60. The first-order valence-electron chi connectivity index (χ1n) is 10.6. The Morgan fingerprint density at radius 3 is 2.38 bits per heavy atom. The summed E-state index contributed by atoms with van der Waals surface area (Å²) in [6.07, 6.45) is 5.34. The summed E-state index contributed by atoms with van der Waals surface area (Å²) in [4.78, 5) is 41.6. The van der Waals surface area contributed by atoms with Gasteiger partial charge in [0.15, 0.2) is 12.4 Å². The molecule has 1 aromatic carbocycles. The van der Waals surface area contributed by atoms with Crippen LogP contribution in [0, 0.1) is 0 Å². The number of aromatic nitrogens is 3. The highest BCUT2D eigenvalue weighted by Gasteiger charge is 2.46. The highest BCUT2D eigenvalue weighted by atomic mass is 35.5. The summed E-state index contributed by atoms with van der Waals surface area (Å²) in [5.74, 6) is -0.852. The van der Waals surface area contributed by atoms with Crippen LogP contribution >= 0.6 is 11.6 Å². The van der Waals surface area contributed by atoms with Crippen LogP contribution in [0.4, 0.5) is 0 Å². The summed E-state index contributed by atoms with van der Waals surface area (Å²) in [5.41, 5.74) is 1.33. The van der Waals surface area contributed by atoms with Gasteiger partial charge in [-0.2, -0.15) is 4.57 Å². The van der Waals surface area contributed by atoms with Gasteiger partial charge in [-0.1, -0.05) is 44.0 Å². The highest BCUT2D eigenvalue weighted by molar-refractivity contribution is 6.44. The molecule has 0 atom stereocenters. The van der Waals surface area contributed by atoms with Gasteiger partial charge in [0, 0.05) is 29.4 Å². The lowest BCUT2D eigenvalue weighted by Gasteiger charge is -2.11. The smallest absolute Gasteiger partial charge is 0.294 e. The van der Waals surface area contributed by atoms with Crippen molar-refractivity contribution in [1.82, 2.24) is 14.7 Å². The maximum absolute atomic E-state index is 13.6. The van der Waals surface area contributed by atoms with Crippen molar-refractivity contribution in [3.05, 3.63) is 81.5 Å². The van der Waals surface area contributed by atoms with E-state index < -0.39 is 11.8 Å². The summed E-state index contributed by atoms with van der Waals surface area (Å²) in [6, 6.07) is 12.3. The molecule has 0 unspecified atom stereocenters. The fraction of sp³-hybridized carbons (Fsp3) is 0.250. The number of nitrogens with one attached hydrogen (secondary N) is 1. The molecule has 1 N–H and O–H groups in total. The second kappa shape index (κ2) is 8.96. The summed E-state index contributed by atoms with van der Waals surface area (Å²) in [7, 11) is 0. The Hall–Kier alpha value is -3.45. The van der Waals surface area contributed by atoms with Gasteiger partial charge in [0.25, 0.3) is 17.2 Å². The minimum atomic E-state index is -0.449. The van der Waals surface area contributed by atoms with E-state index in [1.54, 1.807) is 53.4 Å². The molecule has 3 aromatic rings. The van der Waals surface area contributed by atoms with E-state index in [-0.39, 0.29) is 28.9 Å². The number of pyridine rings is 1. The van der Waals surface area contributed by atoms with Gasteiger partial charge in [-0.25, -0.2) is 4.68 Å². The quantitative estimate of drug-likeness (QED) is 0.442. The molecular formula is C24H24ClN4O3+. The molecule has 2 aromatic heterocycles. The van der Waals surface area contributed by atoms with Gasteiger partial charge < -0.3 is 0 Å². The van der Waals surface area contributed by atoms with E-state index in [1.165, 1.54) is 9.58 Å². The van der Waals surface area contributed by atoms with E-state index in [0.717, 1.165) is 6.42 Å². The molecule has 4 rings (SSSR count). The van der Waals surface area contributed by atoms with Crippen molar-refractivity contribution in [2.75, 3.05) is 6.54 Å². The zero-order chi connectivity index (χ0) is 22.8. The lowest BCUT2D eigenvalue weighted by molar-refractivity contribution is -0.576. The number of benzene rings is 1. The number of H-pyrrole nitrogens is 1. The molecular weight excluding hydrogens is 428 g/mol. The van der Waals surface area contributed by atoms with Crippen molar-refractivity contribution in [1.29, 1.82) is 0 Å². The number of imide groups is 1. The summed E-state index contributed by atoms with van der Waals surface area (Å²) in [5, 5.41) is 3.64. The molecule has 1 aliphatic rings. The van der Waals surface area contributed by atoms with Crippen molar-refractivity contribution in [2.24, 2.45) is 0 Å². The molecule has 2 amide bonds. The van der Waals surface area contributed by atoms with E-state index >= 15 is 0 Å². The first-order chi connectivity index (χ1) is 15.5. The third kappa shape index (κ3) is 3.69. The zero-order valence-electron chi connectivity index (χ0n) is 18.0. The van der Waals surface area contributed by atoms with Crippen LogP contribution in [0.15, 0.2) is 59.7 Å². The van der Waals surface area contributed by atoms with Crippen LogP contribution < -0.4 is 10.1 Å². The molecule has 3 heterocycles. The maximum Gasteiger partial charge on any atom is 0.326 e. The zero-order valence-corrected chi connectivity index (χ0v) is 18.7. The Morgan fingerprint density at radius 1 is 0.969 bits per heavy atom. The molecule has 32 heavy (non-hydrogen) atoms. The molecule has 0 saturated carbocycles. The first kappa shape index (κ1) is 21.8. The molecule has 8 heteroatoms. The van der Waals surface area contributed by atoms with Gasteiger partial charge in [0.2, 0.25) is 0 Å². The summed E-state index contributed by atoms with van der Waals surface area (Å²) >= 11 is 6.13. The minimum Gasteiger partial charge on any atom is -0.294 e. The Balaban J connectivity index is 2.00. The van der Waals surface area contributed by atoms with Gasteiger partial charge in [-0.05, 0) is 31.0 Å². The largest absolute Gasteiger partial charge is 0.326 e. The first-order valence-corrected chi connectivity index (χ1v) is 11.0. The van der Waals surface area contributed by atoms with Crippen molar-refractivity contribution in [3.63, 3.8) is 0 Å². The van der Waals surface area contributed by atoms with Gasteiger partial charge in [0.05, 0.1) is 11.3 Å². The van der Waals surface area contributed by atoms with E-state index in [0.29, 0.717) is 29.2 Å². The van der Waals surface area contributed by atoms with Gasteiger partial charge in [-0.3, -0.25) is 24.4 Å². The average Bonchev–Trinajstić information content (AvgIpc) is 3.23. The number of hydrogen-bond acceptors (Lipinski definition) is 3.